The maximum Gasteiger partial charge on any atom is 0.254 e. The molecule has 3 rings (SSSR count). The van der Waals surface area contributed by atoms with Crippen molar-refractivity contribution >= 4 is 17.5 Å². The number of carbonyl (C=O) groups excluding carboxylic acids is 2. The zero-order valence-corrected chi connectivity index (χ0v) is 17.4. The maximum atomic E-state index is 11.9. The highest BCUT2D eigenvalue weighted by Gasteiger charge is 2.17. The molecule has 2 amide bonds. The second-order valence-electron chi connectivity index (χ2n) is 7.25. The molecule has 2 N–H and O–H groups in total. The molecule has 8 heteroatoms. The molecule has 0 radical (unpaired) electrons. The van der Waals surface area contributed by atoms with Crippen LogP contribution < -0.4 is 20.3 Å². The Hall–Kier alpha value is -3.00. The summed E-state index contributed by atoms with van der Waals surface area (Å²) in [6.45, 7) is 5.94. The predicted octanol–water partition coefficient (Wildman–Crippen LogP) is 1.74. The third-order valence-electron chi connectivity index (χ3n) is 5.20. The monoisotopic (exact) mass is 414 g/mol. The Kier molecular flexibility index (Phi) is 8.14. The van der Waals surface area contributed by atoms with Crippen molar-refractivity contribution in [3.05, 3.63) is 48.4 Å². The van der Waals surface area contributed by atoms with Crippen LogP contribution in [0.25, 0.3) is 0 Å². The van der Waals surface area contributed by atoms with E-state index in [0.29, 0.717) is 18.7 Å². The van der Waals surface area contributed by atoms with Gasteiger partial charge in [-0.3, -0.25) is 14.5 Å². The molecular weight excluding hydrogens is 384 g/mol. The van der Waals surface area contributed by atoms with E-state index in [9.17, 15) is 9.59 Å². The molecule has 1 aliphatic heterocycles. The van der Waals surface area contributed by atoms with Crippen molar-refractivity contribution in [2.75, 3.05) is 57.8 Å². The Balaban J connectivity index is 1.23. The molecule has 0 unspecified atom stereocenters. The van der Waals surface area contributed by atoms with E-state index >= 15 is 0 Å². The number of amides is 2. The van der Waals surface area contributed by atoms with E-state index in [1.165, 1.54) is 18.2 Å². The molecule has 1 aromatic carbocycles. The molecular formula is C22H30N4O4. The largest absolute Gasteiger partial charge is 0.497 e. The highest BCUT2D eigenvalue weighted by molar-refractivity contribution is 5.94. The van der Waals surface area contributed by atoms with Crippen LogP contribution in [0.15, 0.2) is 47.3 Å². The maximum absolute atomic E-state index is 11.9. The van der Waals surface area contributed by atoms with Gasteiger partial charge in [0, 0.05) is 51.4 Å². The summed E-state index contributed by atoms with van der Waals surface area (Å²) >= 11 is 0. The molecule has 0 bridgehead atoms. The van der Waals surface area contributed by atoms with Gasteiger partial charge < -0.3 is 24.7 Å². The van der Waals surface area contributed by atoms with Crippen molar-refractivity contribution in [3.8, 4) is 5.75 Å². The first kappa shape index (κ1) is 21.7. The fraction of sp³-hybridized carbons (Fsp3) is 0.455. The average molecular weight is 415 g/mol. The minimum absolute atomic E-state index is 0.0492. The molecule has 2 aromatic rings. The van der Waals surface area contributed by atoms with Crippen LogP contribution in [0.4, 0.5) is 5.69 Å². The number of nitrogens with one attached hydrogen (secondary N) is 2. The van der Waals surface area contributed by atoms with Crippen LogP contribution >= 0.6 is 0 Å². The molecule has 0 aliphatic carbocycles. The second-order valence-corrected chi connectivity index (χ2v) is 7.25. The van der Waals surface area contributed by atoms with Crippen molar-refractivity contribution in [3.63, 3.8) is 0 Å². The number of rotatable bonds is 10. The van der Waals surface area contributed by atoms with Gasteiger partial charge in [0.25, 0.3) is 5.91 Å². The van der Waals surface area contributed by atoms with Gasteiger partial charge in [-0.25, -0.2) is 0 Å². The molecule has 1 saturated heterocycles. The quantitative estimate of drug-likeness (QED) is 0.576. The number of hydrogen-bond acceptors (Lipinski definition) is 6. The van der Waals surface area contributed by atoms with E-state index in [1.807, 2.05) is 12.1 Å². The predicted molar refractivity (Wildman–Crippen MR) is 115 cm³/mol. The summed E-state index contributed by atoms with van der Waals surface area (Å²) in [5.74, 6) is 0.594. The lowest BCUT2D eigenvalue weighted by molar-refractivity contribution is -0.120. The highest BCUT2D eigenvalue weighted by Crippen LogP contribution is 2.20. The summed E-state index contributed by atoms with van der Waals surface area (Å²) in [5.41, 5.74) is 1.69. The number of carbonyl (C=O) groups is 2. The topological polar surface area (TPSA) is 87.0 Å². The third-order valence-corrected chi connectivity index (χ3v) is 5.20. The molecule has 30 heavy (non-hydrogen) atoms. The van der Waals surface area contributed by atoms with Crippen molar-refractivity contribution in [1.29, 1.82) is 0 Å². The van der Waals surface area contributed by atoms with Crippen LogP contribution in [0.5, 0.6) is 5.75 Å². The van der Waals surface area contributed by atoms with Crippen molar-refractivity contribution in [2.45, 2.75) is 12.8 Å². The first-order chi connectivity index (χ1) is 14.7. The van der Waals surface area contributed by atoms with Crippen LogP contribution in [0.2, 0.25) is 0 Å². The van der Waals surface area contributed by atoms with Gasteiger partial charge in [0.1, 0.15) is 12.0 Å². The van der Waals surface area contributed by atoms with Crippen LogP contribution in [0.3, 0.4) is 0 Å². The van der Waals surface area contributed by atoms with Gasteiger partial charge in [-0.2, -0.15) is 0 Å². The van der Waals surface area contributed by atoms with Gasteiger partial charge >= 0.3 is 0 Å². The molecule has 2 heterocycles. The Bertz CT molecular complexity index is 784. The number of piperazine rings is 1. The summed E-state index contributed by atoms with van der Waals surface area (Å²) in [4.78, 5) is 28.5. The van der Waals surface area contributed by atoms with E-state index in [2.05, 4.69) is 32.6 Å². The summed E-state index contributed by atoms with van der Waals surface area (Å²) in [5, 5.41) is 5.62. The number of furan rings is 1. The molecule has 0 spiro atoms. The fourth-order valence-corrected chi connectivity index (χ4v) is 3.43. The van der Waals surface area contributed by atoms with Gasteiger partial charge in [0.2, 0.25) is 5.91 Å². The summed E-state index contributed by atoms with van der Waals surface area (Å²) < 4.78 is 10.1. The van der Waals surface area contributed by atoms with Gasteiger partial charge in [0.05, 0.1) is 18.9 Å². The molecule has 1 aromatic heterocycles. The molecule has 0 saturated carbocycles. The minimum Gasteiger partial charge on any atom is -0.497 e. The standard InChI is InChI=1S/C22H30N4O4/c1-29-20-5-3-19(4-6-20)26-14-12-25(13-15-26)11-2-9-23-21(27)7-10-24-22(28)18-8-16-30-17-18/h3-6,8,16-17H,2,7,9-15H2,1H3,(H,23,27)(H,24,28). The minimum atomic E-state index is -0.231. The van der Waals surface area contributed by atoms with Gasteiger partial charge in [-0.15, -0.1) is 0 Å². The first-order valence-corrected chi connectivity index (χ1v) is 10.3. The lowest BCUT2D eigenvalue weighted by atomic mass is 10.2. The zero-order valence-electron chi connectivity index (χ0n) is 17.4. The Morgan fingerprint density at radius 2 is 1.80 bits per heavy atom. The molecule has 0 atom stereocenters. The van der Waals surface area contributed by atoms with E-state index < -0.39 is 0 Å². The van der Waals surface area contributed by atoms with Crippen molar-refractivity contribution in [1.82, 2.24) is 15.5 Å². The summed E-state index contributed by atoms with van der Waals surface area (Å²) in [6, 6.07) is 9.77. The van der Waals surface area contributed by atoms with Crippen LogP contribution in [0, 0.1) is 0 Å². The SMILES string of the molecule is COc1ccc(N2CCN(CCCNC(=O)CCNC(=O)c3ccoc3)CC2)cc1. The Morgan fingerprint density at radius 1 is 1.03 bits per heavy atom. The van der Waals surface area contributed by atoms with E-state index in [-0.39, 0.29) is 18.2 Å². The van der Waals surface area contributed by atoms with E-state index in [1.54, 1.807) is 13.2 Å². The van der Waals surface area contributed by atoms with Crippen molar-refractivity contribution in [2.24, 2.45) is 0 Å². The van der Waals surface area contributed by atoms with Gasteiger partial charge in [-0.05, 0) is 43.3 Å². The van der Waals surface area contributed by atoms with Crippen LogP contribution in [0.1, 0.15) is 23.2 Å². The van der Waals surface area contributed by atoms with E-state index in [0.717, 1.165) is 44.9 Å². The molecule has 162 valence electrons. The average Bonchev–Trinajstić information content (AvgIpc) is 3.32. The summed E-state index contributed by atoms with van der Waals surface area (Å²) in [6.07, 6.45) is 4.01. The van der Waals surface area contributed by atoms with Crippen LogP contribution in [-0.2, 0) is 4.79 Å². The van der Waals surface area contributed by atoms with Gasteiger partial charge in [-0.1, -0.05) is 0 Å². The molecule has 1 fully saturated rings. The second kappa shape index (κ2) is 11.3. The molecule has 8 nitrogen and oxygen atoms in total. The molecule has 1 aliphatic rings. The highest BCUT2D eigenvalue weighted by atomic mass is 16.5. The van der Waals surface area contributed by atoms with E-state index in [4.69, 9.17) is 9.15 Å². The number of anilines is 1. The number of methoxy groups -OCH3 is 1. The fourth-order valence-electron chi connectivity index (χ4n) is 3.43. The zero-order chi connectivity index (χ0) is 21.2. The number of nitrogens with zero attached hydrogens (tertiary/aromatic N) is 2. The lowest BCUT2D eigenvalue weighted by Gasteiger charge is -2.36. The smallest absolute Gasteiger partial charge is 0.254 e. The first-order valence-electron chi connectivity index (χ1n) is 10.3. The Morgan fingerprint density at radius 3 is 2.47 bits per heavy atom. The lowest BCUT2D eigenvalue weighted by Crippen LogP contribution is -2.47. The Labute approximate surface area is 177 Å². The van der Waals surface area contributed by atoms with Gasteiger partial charge in [0.15, 0.2) is 0 Å². The third kappa shape index (κ3) is 6.52. The number of hydrogen-bond donors (Lipinski definition) is 2. The number of benzene rings is 1. The normalized spacial score (nSPS) is 14.4. The summed E-state index contributed by atoms with van der Waals surface area (Å²) in [7, 11) is 1.68. The van der Waals surface area contributed by atoms with Crippen LogP contribution in [-0.4, -0.2) is 69.6 Å². The number of ether oxygens (including phenoxy) is 1. The van der Waals surface area contributed by atoms with Crippen molar-refractivity contribution < 1.29 is 18.7 Å².